The van der Waals surface area contributed by atoms with Crippen molar-refractivity contribution in [1.82, 2.24) is 0 Å². The van der Waals surface area contributed by atoms with E-state index in [2.05, 4.69) is 122 Å². The minimum Gasteiger partial charge on any atom is -0.456 e. The van der Waals surface area contributed by atoms with Crippen LogP contribution in [0.3, 0.4) is 0 Å². The molecular weight excluding hydrogens is 534 g/mol. The zero-order valence-corrected chi connectivity index (χ0v) is 24.2. The third-order valence-corrected chi connectivity index (χ3v) is 8.91. The Morgan fingerprint density at radius 3 is 2.19 bits per heavy atom. The molecule has 0 unspecified atom stereocenters. The lowest BCUT2D eigenvalue weighted by atomic mass is 9.82. The summed E-state index contributed by atoms with van der Waals surface area (Å²) >= 11 is 6.86. The largest absolute Gasteiger partial charge is 0.456 e. The van der Waals surface area contributed by atoms with Crippen LogP contribution in [0, 0.1) is 0 Å². The van der Waals surface area contributed by atoms with Gasteiger partial charge >= 0.3 is 0 Å². The SMILES string of the molecule is CC1(C)c2ccccc2-c2cc(N(c3cc(Cl)cc(-c4ccccc4)c3)c3cccc4oc5ccccc5c34)ccc21. The van der Waals surface area contributed by atoms with Crippen LogP contribution in [-0.2, 0) is 5.41 Å². The van der Waals surface area contributed by atoms with Gasteiger partial charge in [0.15, 0.2) is 0 Å². The van der Waals surface area contributed by atoms with E-state index in [1.807, 2.05) is 30.3 Å². The molecule has 0 amide bonds. The van der Waals surface area contributed by atoms with Gasteiger partial charge in [0.1, 0.15) is 11.2 Å². The van der Waals surface area contributed by atoms with Gasteiger partial charge in [-0.25, -0.2) is 0 Å². The molecule has 0 saturated heterocycles. The minimum absolute atomic E-state index is 0.0629. The highest BCUT2D eigenvalue weighted by Gasteiger charge is 2.35. The first-order valence-electron chi connectivity index (χ1n) is 14.3. The maximum Gasteiger partial charge on any atom is 0.137 e. The third kappa shape index (κ3) is 3.79. The summed E-state index contributed by atoms with van der Waals surface area (Å²) in [5, 5.41) is 2.86. The smallest absolute Gasteiger partial charge is 0.137 e. The number of furan rings is 1. The van der Waals surface area contributed by atoms with E-state index in [0.29, 0.717) is 5.02 Å². The second kappa shape index (κ2) is 9.37. The molecule has 0 spiro atoms. The van der Waals surface area contributed by atoms with E-state index < -0.39 is 0 Å². The fourth-order valence-corrected chi connectivity index (χ4v) is 6.95. The van der Waals surface area contributed by atoms with Crippen molar-refractivity contribution in [2.45, 2.75) is 19.3 Å². The molecule has 0 radical (unpaired) electrons. The summed E-state index contributed by atoms with van der Waals surface area (Å²) < 4.78 is 6.33. The van der Waals surface area contributed by atoms with Gasteiger partial charge in [-0.1, -0.05) is 110 Å². The first kappa shape index (κ1) is 25.0. The van der Waals surface area contributed by atoms with Gasteiger partial charge in [0.25, 0.3) is 0 Å². The van der Waals surface area contributed by atoms with Gasteiger partial charge in [-0.05, 0) is 81.9 Å². The Labute approximate surface area is 250 Å². The van der Waals surface area contributed by atoms with Crippen LogP contribution in [0.4, 0.5) is 17.1 Å². The standard InChI is InChI=1S/C39H28ClNO/c1-39(2)33-15-8-6-13-30(33)32-24-28(19-20-34(32)39)41(29-22-26(21-27(40)23-29)25-11-4-3-5-12-25)35-16-10-18-37-38(35)31-14-7-9-17-36(31)42-37/h3-24H,1-2H3. The van der Waals surface area contributed by atoms with Gasteiger partial charge in [0.2, 0.25) is 0 Å². The van der Waals surface area contributed by atoms with Crippen LogP contribution in [0.2, 0.25) is 5.02 Å². The van der Waals surface area contributed by atoms with Crippen molar-refractivity contribution in [3.8, 4) is 22.3 Å². The second-order valence-corrected chi connectivity index (χ2v) is 12.0. The van der Waals surface area contributed by atoms with Crippen molar-refractivity contribution in [3.63, 3.8) is 0 Å². The van der Waals surface area contributed by atoms with Crippen molar-refractivity contribution in [3.05, 3.63) is 150 Å². The number of halogens is 1. The molecule has 1 aliphatic carbocycles. The number of rotatable bonds is 4. The molecular formula is C39H28ClNO. The van der Waals surface area contributed by atoms with Crippen LogP contribution in [0.15, 0.2) is 138 Å². The molecule has 7 aromatic rings. The lowest BCUT2D eigenvalue weighted by Crippen LogP contribution is -2.15. The molecule has 6 aromatic carbocycles. The summed E-state index contributed by atoms with van der Waals surface area (Å²) in [5.41, 5.74) is 12.2. The molecule has 0 bridgehead atoms. The van der Waals surface area contributed by atoms with Crippen molar-refractivity contribution in [2.24, 2.45) is 0 Å². The van der Waals surface area contributed by atoms with Gasteiger partial charge in [0.05, 0.1) is 11.1 Å². The summed E-state index contributed by atoms with van der Waals surface area (Å²) in [4.78, 5) is 2.33. The molecule has 2 nitrogen and oxygen atoms in total. The second-order valence-electron chi connectivity index (χ2n) is 11.5. The van der Waals surface area contributed by atoms with Gasteiger partial charge in [-0.15, -0.1) is 0 Å². The number of nitrogens with zero attached hydrogens (tertiary/aromatic N) is 1. The zero-order valence-electron chi connectivity index (χ0n) is 23.4. The van der Waals surface area contributed by atoms with Crippen LogP contribution in [0.5, 0.6) is 0 Å². The first-order valence-corrected chi connectivity index (χ1v) is 14.7. The van der Waals surface area contributed by atoms with Crippen molar-refractivity contribution in [2.75, 3.05) is 4.90 Å². The predicted molar refractivity (Wildman–Crippen MR) is 176 cm³/mol. The average Bonchev–Trinajstić information content (AvgIpc) is 3.51. The lowest BCUT2D eigenvalue weighted by molar-refractivity contribution is 0.660. The first-order chi connectivity index (χ1) is 20.5. The van der Waals surface area contributed by atoms with E-state index in [9.17, 15) is 0 Å². The summed E-state index contributed by atoms with van der Waals surface area (Å²) in [6.45, 7) is 4.63. The quantitative estimate of drug-likeness (QED) is 0.212. The average molecular weight is 562 g/mol. The topological polar surface area (TPSA) is 16.4 Å². The molecule has 0 fully saturated rings. The molecule has 1 aromatic heterocycles. The Balaban J connectivity index is 1.42. The lowest BCUT2D eigenvalue weighted by Gasteiger charge is -2.28. The van der Waals surface area contributed by atoms with Crippen molar-refractivity contribution < 1.29 is 4.42 Å². The maximum atomic E-state index is 6.86. The van der Waals surface area contributed by atoms with E-state index >= 15 is 0 Å². The van der Waals surface area contributed by atoms with E-state index in [-0.39, 0.29) is 5.41 Å². The third-order valence-electron chi connectivity index (χ3n) is 8.69. The highest BCUT2D eigenvalue weighted by Crippen LogP contribution is 2.51. The highest BCUT2D eigenvalue weighted by molar-refractivity contribution is 6.31. The summed E-state index contributed by atoms with van der Waals surface area (Å²) in [7, 11) is 0. The molecule has 0 aliphatic heterocycles. The highest BCUT2D eigenvalue weighted by atomic mass is 35.5. The van der Waals surface area contributed by atoms with Gasteiger partial charge in [0, 0.05) is 27.2 Å². The zero-order chi connectivity index (χ0) is 28.4. The summed E-state index contributed by atoms with van der Waals surface area (Å²) in [6.07, 6.45) is 0. The molecule has 42 heavy (non-hydrogen) atoms. The number of anilines is 3. The van der Waals surface area contributed by atoms with Crippen LogP contribution < -0.4 is 4.90 Å². The number of para-hydroxylation sites is 1. The monoisotopic (exact) mass is 561 g/mol. The van der Waals surface area contributed by atoms with Gasteiger partial charge in [-0.2, -0.15) is 0 Å². The maximum absolute atomic E-state index is 6.86. The van der Waals surface area contributed by atoms with E-state index in [4.69, 9.17) is 16.0 Å². The van der Waals surface area contributed by atoms with Crippen LogP contribution >= 0.6 is 11.6 Å². The van der Waals surface area contributed by atoms with Crippen LogP contribution in [0.25, 0.3) is 44.2 Å². The molecule has 1 aliphatic rings. The van der Waals surface area contributed by atoms with Crippen molar-refractivity contribution in [1.29, 1.82) is 0 Å². The number of hydrogen-bond acceptors (Lipinski definition) is 2. The molecule has 0 N–H and O–H groups in total. The molecule has 1 heterocycles. The predicted octanol–water partition coefficient (Wildman–Crippen LogP) is 11.7. The Morgan fingerprint density at radius 2 is 1.31 bits per heavy atom. The molecule has 202 valence electrons. The van der Waals surface area contributed by atoms with Gasteiger partial charge in [-0.3, -0.25) is 0 Å². The Morgan fingerprint density at radius 1 is 0.571 bits per heavy atom. The molecule has 0 atom stereocenters. The van der Waals surface area contributed by atoms with Crippen molar-refractivity contribution >= 4 is 50.6 Å². The Kier molecular flexibility index (Phi) is 5.57. The fourth-order valence-electron chi connectivity index (χ4n) is 6.72. The van der Waals surface area contributed by atoms with Gasteiger partial charge < -0.3 is 9.32 Å². The fraction of sp³-hybridized carbons (Fsp3) is 0.0769. The van der Waals surface area contributed by atoms with E-state index in [1.54, 1.807) is 0 Å². The van der Waals surface area contributed by atoms with Crippen LogP contribution in [-0.4, -0.2) is 0 Å². The molecule has 8 rings (SSSR count). The molecule has 0 saturated carbocycles. The number of hydrogen-bond donors (Lipinski definition) is 0. The summed E-state index contributed by atoms with van der Waals surface area (Å²) in [5.74, 6) is 0. The normalized spacial score (nSPS) is 13.3. The Bertz CT molecular complexity index is 2140. The van der Waals surface area contributed by atoms with E-state index in [1.165, 1.54) is 22.3 Å². The summed E-state index contributed by atoms with van der Waals surface area (Å²) in [6, 6.07) is 46.9. The minimum atomic E-state index is -0.0629. The molecule has 3 heteroatoms. The van der Waals surface area contributed by atoms with Crippen LogP contribution in [0.1, 0.15) is 25.0 Å². The number of fused-ring (bicyclic) bond motifs is 6. The van der Waals surface area contributed by atoms with E-state index in [0.717, 1.165) is 50.1 Å². The number of benzene rings is 6. The Hall–Kier alpha value is -4.79.